The van der Waals surface area contributed by atoms with E-state index in [4.69, 9.17) is 4.42 Å². The maximum Gasteiger partial charge on any atom is 0.291 e. The summed E-state index contributed by atoms with van der Waals surface area (Å²) in [7, 11) is 0. The molecule has 0 bridgehead atoms. The second-order valence-electron chi connectivity index (χ2n) is 4.65. The van der Waals surface area contributed by atoms with Crippen LogP contribution in [0.25, 0.3) is 11.5 Å². The molecule has 0 aliphatic carbocycles. The topological polar surface area (TPSA) is 83.3 Å². The summed E-state index contributed by atoms with van der Waals surface area (Å²) in [6, 6.07) is 14.8. The fourth-order valence-electron chi connectivity index (χ4n) is 1.93. The first kappa shape index (κ1) is 13.8. The molecule has 110 valence electrons. The van der Waals surface area contributed by atoms with Crippen molar-refractivity contribution < 1.29 is 9.21 Å². The first-order valence-corrected chi connectivity index (χ1v) is 6.73. The Balaban J connectivity index is 1.70. The van der Waals surface area contributed by atoms with Gasteiger partial charge in [-0.1, -0.05) is 30.3 Å². The predicted octanol–water partition coefficient (Wildman–Crippen LogP) is 2.82. The number of carbonyl (C=O) groups excluding carboxylic acids is 1. The smallest absolute Gasteiger partial charge is 0.291 e. The highest BCUT2D eigenvalue weighted by molar-refractivity contribution is 6.00. The minimum absolute atomic E-state index is 0.246. The largest absolute Gasteiger partial charge is 0.463 e. The van der Waals surface area contributed by atoms with E-state index >= 15 is 0 Å². The maximum absolute atomic E-state index is 12.0. The molecule has 0 saturated carbocycles. The molecule has 2 aromatic heterocycles. The molecule has 2 N–H and O–H groups in total. The lowest BCUT2D eigenvalue weighted by molar-refractivity contribution is 0.0950. The van der Waals surface area contributed by atoms with Gasteiger partial charge in [0.1, 0.15) is 5.69 Å². The van der Waals surface area contributed by atoms with Crippen LogP contribution in [0.15, 0.2) is 64.3 Å². The number of nitrogens with zero attached hydrogens (tertiary/aromatic N) is 2. The first-order valence-electron chi connectivity index (χ1n) is 6.73. The lowest BCUT2D eigenvalue weighted by atomic mass is 10.1. The van der Waals surface area contributed by atoms with Crippen LogP contribution in [-0.2, 0) is 0 Å². The molecule has 0 aliphatic rings. The van der Waals surface area contributed by atoms with Gasteiger partial charge in [-0.3, -0.25) is 9.89 Å². The summed E-state index contributed by atoms with van der Waals surface area (Å²) in [4.78, 5) is 12.0. The molecule has 22 heavy (non-hydrogen) atoms. The van der Waals surface area contributed by atoms with E-state index in [1.807, 2.05) is 37.3 Å². The highest BCUT2D eigenvalue weighted by atomic mass is 16.3. The fraction of sp³-hybridized carbons (Fsp3) is 0.0625. The molecule has 0 fully saturated rings. The number of hydrogen-bond acceptors (Lipinski definition) is 4. The molecule has 1 aromatic carbocycles. The van der Waals surface area contributed by atoms with E-state index in [2.05, 4.69) is 20.7 Å². The number of furan rings is 1. The Kier molecular flexibility index (Phi) is 3.82. The Hall–Kier alpha value is -3.15. The minimum Gasteiger partial charge on any atom is -0.463 e. The monoisotopic (exact) mass is 294 g/mol. The van der Waals surface area contributed by atoms with Crippen molar-refractivity contribution in [3.63, 3.8) is 0 Å². The molecular formula is C16H14N4O2. The molecule has 3 rings (SSSR count). The van der Waals surface area contributed by atoms with Crippen LogP contribution in [0.1, 0.15) is 23.0 Å². The maximum atomic E-state index is 12.0. The van der Waals surface area contributed by atoms with Crippen molar-refractivity contribution in [1.82, 2.24) is 15.6 Å². The molecule has 3 aromatic rings. The second-order valence-corrected chi connectivity index (χ2v) is 4.65. The first-order chi connectivity index (χ1) is 10.7. The molecule has 0 saturated heterocycles. The number of aromatic amines is 1. The molecule has 1 amide bonds. The van der Waals surface area contributed by atoms with E-state index in [9.17, 15) is 4.79 Å². The summed E-state index contributed by atoms with van der Waals surface area (Å²) in [5, 5.41) is 10.8. The van der Waals surface area contributed by atoms with E-state index < -0.39 is 0 Å². The lowest BCUT2D eigenvalue weighted by Gasteiger charge is -2.00. The fourth-order valence-corrected chi connectivity index (χ4v) is 1.93. The zero-order valence-corrected chi connectivity index (χ0v) is 11.9. The number of nitrogens with one attached hydrogen (secondary N) is 2. The summed E-state index contributed by atoms with van der Waals surface area (Å²) in [5.74, 6) is 0.236. The standard InChI is InChI=1S/C16H14N4O2/c1-11(12-6-3-2-4-7-12)17-20-16(21)14-10-13(18-19-14)15-8-5-9-22-15/h2-10H,1H3,(H,18,19)(H,20,21)/b17-11+. The molecule has 2 heterocycles. The quantitative estimate of drug-likeness (QED) is 0.573. The van der Waals surface area contributed by atoms with Gasteiger partial charge in [-0.25, -0.2) is 5.43 Å². The van der Waals surface area contributed by atoms with Gasteiger partial charge < -0.3 is 4.42 Å². The zero-order valence-electron chi connectivity index (χ0n) is 11.9. The van der Waals surface area contributed by atoms with Crippen LogP contribution in [0.2, 0.25) is 0 Å². The molecule has 0 unspecified atom stereocenters. The summed E-state index contributed by atoms with van der Waals surface area (Å²) >= 11 is 0. The van der Waals surface area contributed by atoms with Gasteiger partial charge in [0.25, 0.3) is 5.91 Å². The van der Waals surface area contributed by atoms with Gasteiger partial charge in [-0.15, -0.1) is 0 Å². The number of benzene rings is 1. The highest BCUT2D eigenvalue weighted by Gasteiger charge is 2.12. The Morgan fingerprint density at radius 2 is 2.05 bits per heavy atom. The number of carbonyl (C=O) groups is 1. The number of H-pyrrole nitrogens is 1. The van der Waals surface area contributed by atoms with E-state index in [0.717, 1.165) is 11.3 Å². The van der Waals surface area contributed by atoms with Crippen molar-refractivity contribution in [2.24, 2.45) is 5.10 Å². The number of amides is 1. The van der Waals surface area contributed by atoms with Gasteiger partial charge in [0.05, 0.1) is 12.0 Å². The summed E-state index contributed by atoms with van der Waals surface area (Å²) in [6.45, 7) is 1.83. The molecule has 6 heteroatoms. The molecule has 6 nitrogen and oxygen atoms in total. The van der Waals surface area contributed by atoms with Crippen LogP contribution in [0.4, 0.5) is 0 Å². The Labute approximate surface area is 126 Å². The molecule has 0 radical (unpaired) electrons. The third-order valence-electron chi connectivity index (χ3n) is 3.11. The van der Waals surface area contributed by atoms with Crippen LogP contribution in [0.5, 0.6) is 0 Å². The van der Waals surface area contributed by atoms with Gasteiger partial charge in [-0.2, -0.15) is 10.2 Å². The third-order valence-corrected chi connectivity index (χ3v) is 3.11. The summed E-state index contributed by atoms with van der Waals surface area (Å²) < 4.78 is 5.24. The molecule has 0 spiro atoms. The number of hydrogen-bond donors (Lipinski definition) is 2. The van der Waals surface area contributed by atoms with Crippen LogP contribution < -0.4 is 5.43 Å². The SMILES string of the molecule is C/C(=N\NC(=O)c1cc(-c2ccco2)[nH]n1)c1ccccc1. The van der Waals surface area contributed by atoms with Crippen LogP contribution in [0, 0.1) is 0 Å². The van der Waals surface area contributed by atoms with Crippen LogP contribution in [0.3, 0.4) is 0 Å². The molecule has 0 atom stereocenters. The molecular weight excluding hydrogens is 280 g/mol. The Morgan fingerprint density at radius 1 is 1.23 bits per heavy atom. The van der Waals surface area contributed by atoms with Crippen molar-refractivity contribution in [3.05, 3.63) is 66.1 Å². The lowest BCUT2D eigenvalue weighted by Crippen LogP contribution is -2.19. The Morgan fingerprint density at radius 3 is 2.77 bits per heavy atom. The third kappa shape index (κ3) is 2.95. The average molecular weight is 294 g/mol. The van der Waals surface area contributed by atoms with E-state index in [0.29, 0.717) is 11.5 Å². The van der Waals surface area contributed by atoms with Gasteiger partial charge in [0.2, 0.25) is 0 Å². The average Bonchev–Trinajstić information content (AvgIpc) is 3.23. The van der Waals surface area contributed by atoms with E-state index in [1.54, 1.807) is 24.5 Å². The van der Waals surface area contributed by atoms with Crippen LogP contribution in [-0.4, -0.2) is 21.8 Å². The van der Waals surface area contributed by atoms with Crippen molar-refractivity contribution >= 4 is 11.6 Å². The zero-order chi connectivity index (χ0) is 15.4. The van der Waals surface area contributed by atoms with Crippen molar-refractivity contribution in [1.29, 1.82) is 0 Å². The van der Waals surface area contributed by atoms with Gasteiger partial charge in [-0.05, 0) is 24.6 Å². The number of rotatable bonds is 4. The molecule has 0 aliphatic heterocycles. The normalized spacial score (nSPS) is 11.4. The van der Waals surface area contributed by atoms with Crippen LogP contribution >= 0.6 is 0 Å². The van der Waals surface area contributed by atoms with Crippen molar-refractivity contribution in [3.8, 4) is 11.5 Å². The van der Waals surface area contributed by atoms with Gasteiger partial charge >= 0.3 is 0 Å². The highest BCUT2D eigenvalue weighted by Crippen LogP contribution is 2.17. The van der Waals surface area contributed by atoms with Crippen molar-refractivity contribution in [2.45, 2.75) is 6.92 Å². The van der Waals surface area contributed by atoms with E-state index in [-0.39, 0.29) is 11.6 Å². The number of aromatic nitrogens is 2. The Bertz CT molecular complexity index is 789. The summed E-state index contributed by atoms with van der Waals surface area (Å²) in [5.41, 5.74) is 5.04. The predicted molar refractivity (Wildman–Crippen MR) is 82.4 cm³/mol. The van der Waals surface area contributed by atoms with E-state index in [1.165, 1.54) is 0 Å². The second kappa shape index (κ2) is 6.09. The van der Waals surface area contributed by atoms with Crippen molar-refractivity contribution in [2.75, 3.05) is 0 Å². The summed E-state index contributed by atoms with van der Waals surface area (Å²) in [6.07, 6.45) is 1.56. The van der Waals surface area contributed by atoms with Gasteiger partial charge in [0, 0.05) is 6.07 Å². The number of hydrazone groups is 1. The minimum atomic E-state index is -0.385. The van der Waals surface area contributed by atoms with Gasteiger partial charge in [0.15, 0.2) is 11.5 Å².